The van der Waals surface area contributed by atoms with Gasteiger partial charge in [0.1, 0.15) is 18.1 Å². The van der Waals surface area contributed by atoms with E-state index in [9.17, 15) is 0 Å². The summed E-state index contributed by atoms with van der Waals surface area (Å²) >= 11 is 0. The summed E-state index contributed by atoms with van der Waals surface area (Å²) in [6, 6.07) is 7.82. The number of fused-ring (bicyclic) bond motifs is 1. The highest BCUT2D eigenvalue weighted by atomic mass is 16.5. The number of hydrogen-bond acceptors (Lipinski definition) is 4. The van der Waals surface area contributed by atoms with E-state index in [0.717, 1.165) is 11.3 Å². The Morgan fingerprint density at radius 1 is 1.22 bits per heavy atom. The number of allylic oxidation sites excluding steroid dienone is 1. The van der Waals surface area contributed by atoms with Crippen LogP contribution in [0.15, 0.2) is 42.7 Å². The fraction of sp³-hybridized carbons (Fsp3) is 0.143. The van der Waals surface area contributed by atoms with Gasteiger partial charge in [-0.2, -0.15) is 0 Å². The van der Waals surface area contributed by atoms with Crippen molar-refractivity contribution in [3.05, 3.63) is 48.3 Å². The molecule has 18 heavy (non-hydrogen) atoms. The van der Waals surface area contributed by atoms with Gasteiger partial charge in [-0.25, -0.2) is 9.97 Å². The van der Waals surface area contributed by atoms with Crippen molar-refractivity contribution in [3.8, 4) is 17.5 Å². The molecule has 90 valence electrons. The van der Waals surface area contributed by atoms with Crippen molar-refractivity contribution in [2.75, 3.05) is 6.61 Å². The molecule has 1 aliphatic rings. The molecule has 0 bridgehead atoms. The van der Waals surface area contributed by atoms with Gasteiger partial charge in [0.05, 0.1) is 0 Å². The van der Waals surface area contributed by atoms with Crippen molar-refractivity contribution in [2.24, 2.45) is 0 Å². The number of nitrogens with zero attached hydrogens (tertiary/aromatic N) is 2. The minimum Gasteiger partial charge on any atom is -0.489 e. The van der Waals surface area contributed by atoms with Gasteiger partial charge in [-0.05, 0) is 36.8 Å². The fourth-order valence-electron chi connectivity index (χ4n) is 1.82. The van der Waals surface area contributed by atoms with Crippen molar-refractivity contribution >= 4 is 5.57 Å². The second kappa shape index (κ2) is 4.49. The van der Waals surface area contributed by atoms with Crippen LogP contribution in [-0.4, -0.2) is 16.6 Å². The maximum atomic E-state index is 5.58. The van der Waals surface area contributed by atoms with E-state index in [1.165, 1.54) is 5.57 Å². The Hall–Kier alpha value is -2.36. The van der Waals surface area contributed by atoms with Gasteiger partial charge >= 0.3 is 6.01 Å². The van der Waals surface area contributed by atoms with Crippen molar-refractivity contribution < 1.29 is 9.47 Å². The fourth-order valence-corrected chi connectivity index (χ4v) is 1.82. The molecule has 0 spiro atoms. The highest BCUT2D eigenvalue weighted by Crippen LogP contribution is 2.33. The second-order valence-corrected chi connectivity index (χ2v) is 3.99. The van der Waals surface area contributed by atoms with E-state index in [1.54, 1.807) is 18.5 Å². The van der Waals surface area contributed by atoms with Crippen LogP contribution in [0.4, 0.5) is 0 Å². The molecular formula is C14H12N2O2. The topological polar surface area (TPSA) is 44.2 Å². The molecule has 0 radical (unpaired) electrons. The minimum atomic E-state index is 0.334. The predicted octanol–water partition coefficient (Wildman–Crippen LogP) is 3.06. The lowest BCUT2D eigenvalue weighted by Gasteiger charge is -2.17. The quantitative estimate of drug-likeness (QED) is 0.809. The Morgan fingerprint density at radius 3 is 2.89 bits per heavy atom. The van der Waals surface area contributed by atoms with Gasteiger partial charge in [0, 0.05) is 24.0 Å². The molecule has 4 nitrogen and oxygen atoms in total. The van der Waals surface area contributed by atoms with E-state index in [-0.39, 0.29) is 0 Å². The van der Waals surface area contributed by atoms with E-state index in [4.69, 9.17) is 9.47 Å². The first-order chi connectivity index (χ1) is 8.83. The third-order valence-electron chi connectivity index (χ3n) is 2.76. The number of hydrogen-bond donors (Lipinski definition) is 0. The number of benzene rings is 1. The Bertz CT molecular complexity index is 594. The molecule has 0 unspecified atom stereocenters. The Kier molecular flexibility index (Phi) is 2.68. The highest BCUT2D eigenvalue weighted by molar-refractivity contribution is 5.71. The molecule has 0 N–H and O–H groups in total. The van der Waals surface area contributed by atoms with Crippen molar-refractivity contribution in [2.45, 2.75) is 6.92 Å². The van der Waals surface area contributed by atoms with E-state index in [1.807, 2.05) is 18.2 Å². The summed E-state index contributed by atoms with van der Waals surface area (Å²) in [5.41, 5.74) is 2.32. The monoisotopic (exact) mass is 240 g/mol. The van der Waals surface area contributed by atoms with Gasteiger partial charge in [-0.15, -0.1) is 0 Å². The minimum absolute atomic E-state index is 0.334. The zero-order chi connectivity index (χ0) is 12.4. The normalized spacial score (nSPS) is 13.3. The molecule has 0 aliphatic carbocycles. The summed E-state index contributed by atoms with van der Waals surface area (Å²) in [6.45, 7) is 2.67. The molecule has 2 aromatic rings. The summed E-state index contributed by atoms with van der Waals surface area (Å²) in [5, 5.41) is 0. The molecule has 0 saturated carbocycles. The van der Waals surface area contributed by atoms with Gasteiger partial charge in [0.25, 0.3) is 0 Å². The first-order valence-corrected chi connectivity index (χ1v) is 5.72. The standard InChI is InChI=1S/C14H12N2O2/c1-10-5-8-17-13-9-11(3-4-12(10)13)18-14-15-6-2-7-16-14/h2-7,9H,8H2,1H3. The van der Waals surface area contributed by atoms with Crippen LogP contribution in [0.1, 0.15) is 12.5 Å². The molecular weight excluding hydrogens is 228 g/mol. The smallest absolute Gasteiger partial charge is 0.321 e. The molecule has 0 fully saturated rings. The van der Waals surface area contributed by atoms with Crippen LogP contribution >= 0.6 is 0 Å². The van der Waals surface area contributed by atoms with Crippen LogP contribution in [0.25, 0.3) is 5.57 Å². The van der Waals surface area contributed by atoms with Crippen molar-refractivity contribution in [1.82, 2.24) is 9.97 Å². The number of aromatic nitrogens is 2. The summed E-state index contributed by atoms with van der Waals surface area (Å²) in [5.74, 6) is 1.51. The second-order valence-electron chi connectivity index (χ2n) is 3.99. The van der Waals surface area contributed by atoms with Crippen molar-refractivity contribution in [1.29, 1.82) is 0 Å². The molecule has 0 amide bonds. The third-order valence-corrected chi connectivity index (χ3v) is 2.76. The zero-order valence-corrected chi connectivity index (χ0v) is 9.96. The largest absolute Gasteiger partial charge is 0.489 e. The maximum absolute atomic E-state index is 5.58. The molecule has 3 rings (SSSR count). The van der Waals surface area contributed by atoms with Crippen molar-refractivity contribution in [3.63, 3.8) is 0 Å². The highest BCUT2D eigenvalue weighted by Gasteiger charge is 2.12. The van der Waals surface area contributed by atoms with E-state index >= 15 is 0 Å². The van der Waals surface area contributed by atoms with Crippen LogP contribution in [0, 0.1) is 0 Å². The van der Waals surface area contributed by atoms with Gasteiger partial charge in [0.2, 0.25) is 0 Å². The lowest BCUT2D eigenvalue weighted by Crippen LogP contribution is -2.03. The average Bonchev–Trinajstić information content (AvgIpc) is 2.40. The predicted molar refractivity (Wildman–Crippen MR) is 67.7 cm³/mol. The molecule has 2 heterocycles. The SMILES string of the molecule is CC1=CCOc2cc(Oc3ncccn3)ccc21. The van der Waals surface area contributed by atoms with Gasteiger partial charge in [0.15, 0.2) is 0 Å². The van der Waals surface area contributed by atoms with Crippen LogP contribution in [-0.2, 0) is 0 Å². The van der Waals surface area contributed by atoms with Gasteiger partial charge in [-0.1, -0.05) is 0 Å². The molecule has 0 saturated heterocycles. The summed E-state index contributed by atoms with van der Waals surface area (Å²) in [6.07, 6.45) is 5.34. The molecule has 1 aliphatic heterocycles. The summed E-state index contributed by atoms with van der Waals surface area (Å²) in [7, 11) is 0. The van der Waals surface area contributed by atoms with E-state index in [2.05, 4.69) is 23.0 Å². The lowest BCUT2D eigenvalue weighted by atomic mass is 10.0. The average molecular weight is 240 g/mol. The maximum Gasteiger partial charge on any atom is 0.321 e. The first-order valence-electron chi connectivity index (χ1n) is 5.72. The summed E-state index contributed by atoms with van der Waals surface area (Å²) in [4.78, 5) is 8.03. The Labute approximate surface area is 105 Å². The lowest BCUT2D eigenvalue weighted by molar-refractivity contribution is 0.353. The molecule has 0 atom stereocenters. The summed E-state index contributed by atoms with van der Waals surface area (Å²) < 4.78 is 11.1. The Balaban J connectivity index is 1.89. The molecule has 4 heteroatoms. The molecule has 1 aromatic carbocycles. The first kappa shape index (κ1) is 10.8. The van der Waals surface area contributed by atoms with Crippen LogP contribution in [0.2, 0.25) is 0 Å². The van der Waals surface area contributed by atoms with E-state index in [0.29, 0.717) is 18.4 Å². The van der Waals surface area contributed by atoms with Crippen LogP contribution in [0.3, 0.4) is 0 Å². The van der Waals surface area contributed by atoms with Crippen LogP contribution in [0.5, 0.6) is 17.5 Å². The molecule has 1 aromatic heterocycles. The number of rotatable bonds is 2. The van der Waals surface area contributed by atoms with Crippen LogP contribution < -0.4 is 9.47 Å². The zero-order valence-electron chi connectivity index (χ0n) is 9.96. The van der Waals surface area contributed by atoms with E-state index < -0.39 is 0 Å². The number of ether oxygens (including phenoxy) is 2. The third kappa shape index (κ3) is 2.05. The Morgan fingerprint density at radius 2 is 2.06 bits per heavy atom. The van der Waals surface area contributed by atoms with Gasteiger partial charge in [-0.3, -0.25) is 0 Å². The van der Waals surface area contributed by atoms with Gasteiger partial charge < -0.3 is 9.47 Å².